The second-order valence-corrected chi connectivity index (χ2v) is 9.26. The lowest BCUT2D eigenvalue weighted by Gasteiger charge is -2.15. The number of oxazole rings is 1. The summed E-state index contributed by atoms with van der Waals surface area (Å²) in [7, 11) is -3.22. The Morgan fingerprint density at radius 1 is 1.07 bits per heavy atom. The maximum absolute atomic E-state index is 11.8. The summed E-state index contributed by atoms with van der Waals surface area (Å²) in [6.45, 7) is 0. The van der Waals surface area contributed by atoms with E-state index in [-0.39, 0.29) is 5.92 Å². The summed E-state index contributed by atoms with van der Waals surface area (Å²) in [6.07, 6.45) is 9.50. The largest absolute Gasteiger partial charge is 0.444 e. The lowest BCUT2D eigenvalue weighted by atomic mass is 9.91. The Balaban J connectivity index is 1.73. The van der Waals surface area contributed by atoms with Gasteiger partial charge in [0.15, 0.2) is 15.7 Å². The number of aromatic nitrogens is 1. The number of allylic oxidation sites excluding steroid dienone is 2. The summed E-state index contributed by atoms with van der Waals surface area (Å²) in [6, 6.07) is 17.0. The van der Waals surface area contributed by atoms with Crippen molar-refractivity contribution >= 4 is 9.84 Å². The van der Waals surface area contributed by atoms with E-state index in [0.29, 0.717) is 17.2 Å². The average molecular weight is 394 g/mol. The minimum absolute atomic E-state index is 0.204. The minimum Gasteiger partial charge on any atom is -0.444 e. The molecule has 5 heteroatoms. The van der Waals surface area contributed by atoms with Crippen LogP contribution in [0.25, 0.3) is 11.3 Å². The van der Waals surface area contributed by atoms with Crippen molar-refractivity contribution in [1.29, 1.82) is 0 Å². The monoisotopic (exact) mass is 393 g/mol. The van der Waals surface area contributed by atoms with Gasteiger partial charge in [-0.05, 0) is 37.0 Å². The Hall–Kier alpha value is -2.66. The zero-order valence-electron chi connectivity index (χ0n) is 15.8. The highest BCUT2D eigenvalue weighted by Crippen LogP contribution is 2.36. The number of benzene rings is 2. The zero-order chi connectivity index (χ0) is 19.6. The standard InChI is InChI=1S/C23H23NO3S/c1-28(25,26)20-14-12-18(13-15-20)22-23(19-10-6-3-7-11-19)27-21(24-22)16-17-8-4-2-5-9-17/h2,4-6,8-10,12-15,19H,3,7,11,16H2,1H3. The molecular weight excluding hydrogens is 370 g/mol. The van der Waals surface area contributed by atoms with Crippen LogP contribution in [0.1, 0.15) is 42.4 Å². The molecule has 1 atom stereocenters. The molecule has 0 fully saturated rings. The molecule has 144 valence electrons. The average Bonchev–Trinajstić information content (AvgIpc) is 3.13. The molecule has 0 spiro atoms. The molecule has 4 rings (SSSR count). The van der Waals surface area contributed by atoms with E-state index >= 15 is 0 Å². The van der Waals surface area contributed by atoms with Gasteiger partial charge in [-0.1, -0.05) is 54.6 Å². The Bertz CT molecular complexity index is 1080. The fourth-order valence-corrected chi connectivity index (χ4v) is 4.20. The third-order valence-corrected chi connectivity index (χ3v) is 6.17. The first-order valence-corrected chi connectivity index (χ1v) is 11.4. The molecule has 1 unspecified atom stereocenters. The van der Waals surface area contributed by atoms with Crippen LogP contribution in [-0.4, -0.2) is 19.7 Å². The molecule has 0 aliphatic heterocycles. The van der Waals surface area contributed by atoms with Crippen molar-refractivity contribution in [2.45, 2.75) is 36.5 Å². The molecule has 1 aliphatic carbocycles. The lowest BCUT2D eigenvalue weighted by Crippen LogP contribution is -2.00. The van der Waals surface area contributed by atoms with Crippen molar-refractivity contribution in [3.63, 3.8) is 0 Å². The van der Waals surface area contributed by atoms with Crippen LogP contribution in [0, 0.1) is 0 Å². The van der Waals surface area contributed by atoms with Crippen LogP contribution < -0.4 is 0 Å². The third-order valence-electron chi connectivity index (χ3n) is 5.04. The van der Waals surface area contributed by atoms with Crippen molar-refractivity contribution in [2.24, 2.45) is 0 Å². The molecule has 0 bridgehead atoms. The summed E-state index contributed by atoms with van der Waals surface area (Å²) in [4.78, 5) is 5.10. The van der Waals surface area contributed by atoms with E-state index in [0.717, 1.165) is 41.8 Å². The fraction of sp³-hybridized carbons (Fsp3) is 0.261. The van der Waals surface area contributed by atoms with Crippen molar-refractivity contribution in [3.8, 4) is 11.3 Å². The molecule has 0 saturated carbocycles. The number of hydrogen-bond acceptors (Lipinski definition) is 4. The topological polar surface area (TPSA) is 60.2 Å². The summed E-state index contributed by atoms with van der Waals surface area (Å²) < 4.78 is 29.7. The normalized spacial score (nSPS) is 17.0. The SMILES string of the molecule is CS(=O)(=O)c1ccc(-c2nc(Cc3ccccc3)oc2C2C=CCCC2)cc1. The number of rotatable bonds is 5. The van der Waals surface area contributed by atoms with E-state index in [4.69, 9.17) is 9.40 Å². The van der Waals surface area contributed by atoms with E-state index < -0.39 is 9.84 Å². The third kappa shape index (κ3) is 4.09. The maximum Gasteiger partial charge on any atom is 0.199 e. The molecule has 0 amide bonds. The molecular formula is C23H23NO3S. The molecule has 0 saturated heterocycles. The summed E-state index contributed by atoms with van der Waals surface area (Å²) in [5.41, 5.74) is 2.83. The first-order chi connectivity index (χ1) is 13.5. The first-order valence-electron chi connectivity index (χ1n) is 9.51. The van der Waals surface area contributed by atoms with E-state index in [2.05, 4.69) is 24.3 Å². The fourth-order valence-electron chi connectivity index (χ4n) is 3.57. The predicted octanol–water partition coefficient (Wildman–Crippen LogP) is 5.16. The van der Waals surface area contributed by atoms with Gasteiger partial charge in [0.1, 0.15) is 11.5 Å². The van der Waals surface area contributed by atoms with Gasteiger partial charge in [0.2, 0.25) is 0 Å². The van der Waals surface area contributed by atoms with Crippen LogP contribution in [0.4, 0.5) is 0 Å². The molecule has 0 N–H and O–H groups in total. The van der Waals surface area contributed by atoms with Gasteiger partial charge in [-0.25, -0.2) is 13.4 Å². The van der Waals surface area contributed by atoms with Gasteiger partial charge >= 0.3 is 0 Å². The van der Waals surface area contributed by atoms with Gasteiger partial charge in [-0.2, -0.15) is 0 Å². The summed E-state index contributed by atoms with van der Waals surface area (Å²) in [5, 5.41) is 0. The highest BCUT2D eigenvalue weighted by Gasteiger charge is 2.23. The summed E-state index contributed by atoms with van der Waals surface area (Å²) >= 11 is 0. The molecule has 0 radical (unpaired) electrons. The van der Waals surface area contributed by atoms with Crippen LogP contribution in [-0.2, 0) is 16.3 Å². The Morgan fingerprint density at radius 2 is 1.82 bits per heavy atom. The van der Waals surface area contributed by atoms with E-state index in [9.17, 15) is 8.42 Å². The molecule has 1 aromatic heterocycles. The number of nitrogens with zero attached hydrogens (tertiary/aromatic N) is 1. The highest BCUT2D eigenvalue weighted by molar-refractivity contribution is 7.90. The maximum atomic E-state index is 11.8. The smallest absolute Gasteiger partial charge is 0.199 e. The van der Waals surface area contributed by atoms with Gasteiger partial charge in [-0.3, -0.25) is 0 Å². The molecule has 2 aromatic carbocycles. The quantitative estimate of drug-likeness (QED) is 0.562. The second kappa shape index (κ2) is 7.76. The zero-order valence-corrected chi connectivity index (χ0v) is 16.7. The molecule has 1 heterocycles. The van der Waals surface area contributed by atoms with Crippen molar-refractivity contribution < 1.29 is 12.8 Å². The van der Waals surface area contributed by atoms with E-state index in [1.807, 2.05) is 30.3 Å². The van der Waals surface area contributed by atoms with Crippen molar-refractivity contribution in [1.82, 2.24) is 4.98 Å². The van der Waals surface area contributed by atoms with Crippen molar-refractivity contribution in [3.05, 3.63) is 84.0 Å². The Kier molecular flexibility index (Phi) is 5.18. The van der Waals surface area contributed by atoms with E-state index in [1.165, 1.54) is 6.26 Å². The van der Waals surface area contributed by atoms with E-state index in [1.54, 1.807) is 12.1 Å². The molecule has 4 nitrogen and oxygen atoms in total. The van der Waals surface area contributed by atoms with Crippen LogP contribution in [0.3, 0.4) is 0 Å². The minimum atomic E-state index is -3.22. The van der Waals surface area contributed by atoms with Crippen LogP contribution >= 0.6 is 0 Å². The summed E-state index contributed by atoms with van der Waals surface area (Å²) in [5.74, 6) is 1.76. The van der Waals surface area contributed by atoms with Crippen LogP contribution in [0.15, 0.2) is 76.1 Å². The number of hydrogen-bond donors (Lipinski definition) is 0. The molecule has 28 heavy (non-hydrogen) atoms. The Morgan fingerprint density at radius 3 is 2.46 bits per heavy atom. The Labute approximate surface area is 165 Å². The van der Waals surface area contributed by atoms with Gasteiger partial charge in [0.05, 0.1) is 4.90 Å². The first kappa shape index (κ1) is 18.7. The van der Waals surface area contributed by atoms with Crippen LogP contribution in [0.5, 0.6) is 0 Å². The second-order valence-electron chi connectivity index (χ2n) is 7.24. The molecule has 3 aromatic rings. The molecule has 1 aliphatic rings. The van der Waals surface area contributed by atoms with Crippen LogP contribution in [0.2, 0.25) is 0 Å². The predicted molar refractivity (Wildman–Crippen MR) is 110 cm³/mol. The highest BCUT2D eigenvalue weighted by atomic mass is 32.2. The van der Waals surface area contributed by atoms with Gasteiger partial charge in [0.25, 0.3) is 0 Å². The lowest BCUT2D eigenvalue weighted by molar-refractivity contribution is 0.435. The van der Waals surface area contributed by atoms with Crippen molar-refractivity contribution in [2.75, 3.05) is 6.26 Å². The number of sulfone groups is 1. The van der Waals surface area contributed by atoms with Gasteiger partial charge < -0.3 is 4.42 Å². The van der Waals surface area contributed by atoms with Gasteiger partial charge in [-0.15, -0.1) is 0 Å². The van der Waals surface area contributed by atoms with Gasteiger partial charge in [0, 0.05) is 24.2 Å².